The molecule has 1 aromatic carbocycles. The summed E-state index contributed by atoms with van der Waals surface area (Å²) in [4.78, 5) is 2.38. The Kier molecular flexibility index (Phi) is 2.09. The van der Waals surface area contributed by atoms with Crippen molar-refractivity contribution < 1.29 is 8.42 Å². The lowest BCUT2D eigenvalue weighted by Gasteiger charge is -2.05. The minimum atomic E-state index is -3.45. The molecule has 1 saturated carbocycles. The molecule has 1 aromatic rings. The van der Waals surface area contributed by atoms with Gasteiger partial charge in [-0.2, -0.15) is 0 Å². The third-order valence-corrected chi connectivity index (χ3v) is 5.11. The summed E-state index contributed by atoms with van der Waals surface area (Å²) in [6.45, 7) is 8.86. The largest absolute Gasteiger partial charge is 0.334 e. The zero-order valence-electron chi connectivity index (χ0n) is 8.40. The van der Waals surface area contributed by atoms with Crippen molar-refractivity contribution in [1.29, 1.82) is 0 Å². The van der Waals surface area contributed by atoms with E-state index < -0.39 is 14.7 Å². The van der Waals surface area contributed by atoms with Gasteiger partial charge < -0.3 is 0 Å². The van der Waals surface area contributed by atoms with Gasteiger partial charge in [-0.05, 0) is 19.1 Å². The molecule has 15 heavy (non-hydrogen) atoms. The fraction of sp³-hybridized carbons (Fsp3) is 0.364. The van der Waals surface area contributed by atoms with E-state index in [0.29, 0.717) is 12.8 Å². The first kappa shape index (κ1) is 10.2. The Balaban J connectivity index is 2.48. The smallest absolute Gasteiger partial charge is 0.293 e. The van der Waals surface area contributed by atoms with Gasteiger partial charge in [0.15, 0.2) is 0 Å². The van der Waals surface area contributed by atoms with Gasteiger partial charge in [0.2, 0.25) is 0 Å². The van der Waals surface area contributed by atoms with Gasteiger partial charge in [-0.15, -0.1) is 0 Å². The summed E-state index contributed by atoms with van der Waals surface area (Å²) >= 11 is 0. The van der Waals surface area contributed by atoms with Crippen LogP contribution in [0.3, 0.4) is 0 Å². The van der Waals surface area contributed by atoms with Gasteiger partial charge in [-0.3, -0.25) is 4.85 Å². The molecule has 0 bridgehead atoms. The van der Waals surface area contributed by atoms with E-state index in [9.17, 15) is 8.42 Å². The Bertz CT molecular complexity index is 519. The second kappa shape index (κ2) is 3.07. The van der Waals surface area contributed by atoms with Crippen molar-refractivity contribution in [2.24, 2.45) is 0 Å². The fourth-order valence-corrected chi connectivity index (χ4v) is 3.18. The predicted octanol–water partition coefficient (Wildman–Crippen LogP) is 2.18. The molecule has 78 valence electrons. The third-order valence-electron chi connectivity index (χ3n) is 2.71. The van der Waals surface area contributed by atoms with Crippen LogP contribution in [0.1, 0.15) is 18.4 Å². The van der Waals surface area contributed by atoms with Gasteiger partial charge in [0.25, 0.3) is 9.84 Å². The Labute approximate surface area is 89.5 Å². The number of rotatable bonds is 2. The summed E-state index contributed by atoms with van der Waals surface area (Å²) in [7, 11) is -3.45. The molecule has 0 saturated heterocycles. The van der Waals surface area contributed by atoms with Gasteiger partial charge in [0.05, 0.1) is 17.7 Å². The molecule has 0 heterocycles. The van der Waals surface area contributed by atoms with E-state index in [-0.39, 0.29) is 4.90 Å². The van der Waals surface area contributed by atoms with Gasteiger partial charge in [-0.1, -0.05) is 17.7 Å². The number of aryl methyl sites for hydroxylation is 1. The van der Waals surface area contributed by atoms with Crippen molar-refractivity contribution in [3.05, 3.63) is 41.2 Å². The second-order valence-corrected chi connectivity index (χ2v) is 6.11. The molecule has 0 atom stereocenters. The first-order valence-corrected chi connectivity index (χ1v) is 6.20. The number of benzene rings is 1. The van der Waals surface area contributed by atoms with E-state index in [1.807, 2.05) is 6.92 Å². The summed E-state index contributed by atoms with van der Waals surface area (Å²) in [5, 5.41) is 0. The van der Waals surface area contributed by atoms with E-state index in [1.165, 1.54) is 0 Å². The number of nitrogens with zero attached hydrogens (tertiary/aromatic N) is 1. The fourth-order valence-electron chi connectivity index (χ4n) is 1.48. The molecule has 0 amide bonds. The van der Waals surface area contributed by atoms with Crippen molar-refractivity contribution in [3.8, 4) is 0 Å². The molecule has 3 nitrogen and oxygen atoms in total. The van der Waals surface area contributed by atoms with Crippen LogP contribution in [0.15, 0.2) is 29.2 Å². The number of sulfone groups is 1. The highest BCUT2D eigenvalue weighted by Crippen LogP contribution is 2.47. The standard InChI is InChI=1S/C11H11NO2S/c1-9-3-5-10(6-4-9)15(13,14)11(12-2)7-8-11/h3-6H,7-8H2,1H3. The van der Waals surface area contributed by atoms with Crippen molar-refractivity contribution >= 4 is 9.84 Å². The molecule has 0 unspecified atom stereocenters. The lowest BCUT2D eigenvalue weighted by atomic mass is 10.2. The van der Waals surface area contributed by atoms with Crippen LogP contribution in [-0.4, -0.2) is 13.3 Å². The van der Waals surface area contributed by atoms with Gasteiger partial charge in [0.1, 0.15) is 0 Å². The quantitative estimate of drug-likeness (QED) is 0.718. The Hall–Kier alpha value is -1.34. The van der Waals surface area contributed by atoms with Crippen LogP contribution in [0, 0.1) is 13.5 Å². The average molecular weight is 221 g/mol. The Morgan fingerprint density at radius 3 is 2.20 bits per heavy atom. The molecular formula is C11H11NO2S. The zero-order valence-corrected chi connectivity index (χ0v) is 9.21. The highest BCUT2D eigenvalue weighted by molar-refractivity contribution is 7.93. The lowest BCUT2D eigenvalue weighted by molar-refractivity contribution is 0.587. The van der Waals surface area contributed by atoms with Crippen molar-refractivity contribution in [2.45, 2.75) is 29.5 Å². The molecule has 0 spiro atoms. The van der Waals surface area contributed by atoms with Gasteiger partial charge in [-0.25, -0.2) is 15.0 Å². The van der Waals surface area contributed by atoms with E-state index in [1.54, 1.807) is 24.3 Å². The molecule has 1 aliphatic carbocycles. The SMILES string of the molecule is [C-]#[N+]C1(S(=O)(=O)c2ccc(C)cc2)CC1. The summed E-state index contributed by atoms with van der Waals surface area (Å²) in [6, 6.07) is 6.67. The van der Waals surface area contributed by atoms with Crippen LogP contribution < -0.4 is 0 Å². The molecule has 1 aliphatic rings. The summed E-state index contributed by atoms with van der Waals surface area (Å²) in [5.41, 5.74) is 1.02. The van der Waals surface area contributed by atoms with E-state index in [2.05, 4.69) is 4.85 Å². The maximum absolute atomic E-state index is 12.0. The molecule has 2 rings (SSSR count). The molecule has 0 N–H and O–H groups in total. The van der Waals surface area contributed by atoms with Gasteiger partial charge >= 0.3 is 4.87 Å². The van der Waals surface area contributed by atoms with E-state index in [4.69, 9.17) is 6.57 Å². The molecule has 1 fully saturated rings. The van der Waals surface area contributed by atoms with Crippen LogP contribution in [0.25, 0.3) is 4.85 Å². The van der Waals surface area contributed by atoms with Crippen LogP contribution in [-0.2, 0) is 9.84 Å². The van der Waals surface area contributed by atoms with Crippen LogP contribution in [0.2, 0.25) is 0 Å². The number of hydrogen-bond donors (Lipinski definition) is 0. The molecule has 0 radical (unpaired) electrons. The minimum Gasteiger partial charge on any atom is -0.293 e. The molecule has 0 aromatic heterocycles. The molecule has 0 aliphatic heterocycles. The lowest BCUT2D eigenvalue weighted by Crippen LogP contribution is -2.18. The van der Waals surface area contributed by atoms with Crippen LogP contribution in [0.4, 0.5) is 0 Å². The normalized spacial score (nSPS) is 18.1. The van der Waals surface area contributed by atoms with Crippen LogP contribution >= 0.6 is 0 Å². The Morgan fingerprint density at radius 2 is 1.80 bits per heavy atom. The first-order valence-electron chi connectivity index (χ1n) is 4.72. The summed E-state index contributed by atoms with van der Waals surface area (Å²) in [6.07, 6.45) is 0.930. The third kappa shape index (κ3) is 1.44. The van der Waals surface area contributed by atoms with Crippen LogP contribution in [0.5, 0.6) is 0 Å². The van der Waals surface area contributed by atoms with Crippen molar-refractivity contribution in [3.63, 3.8) is 0 Å². The first-order chi connectivity index (χ1) is 7.02. The second-order valence-electron chi connectivity index (χ2n) is 3.87. The van der Waals surface area contributed by atoms with E-state index in [0.717, 1.165) is 5.56 Å². The van der Waals surface area contributed by atoms with Crippen molar-refractivity contribution in [2.75, 3.05) is 0 Å². The summed E-state index contributed by atoms with van der Waals surface area (Å²) < 4.78 is 24.1. The Morgan fingerprint density at radius 1 is 1.27 bits per heavy atom. The predicted molar refractivity (Wildman–Crippen MR) is 56.9 cm³/mol. The highest BCUT2D eigenvalue weighted by Gasteiger charge is 2.63. The average Bonchev–Trinajstić information content (AvgIpc) is 2.99. The zero-order chi connectivity index (χ0) is 11.1. The maximum Gasteiger partial charge on any atom is 0.334 e. The number of hydrogen-bond acceptors (Lipinski definition) is 2. The van der Waals surface area contributed by atoms with E-state index >= 15 is 0 Å². The highest BCUT2D eigenvalue weighted by atomic mass is 32.2. The maximum atomic E-state index is 12.0. The summed E-state index contributed by atoms with van der Waals surface area (Å²) in [5.74, 6) is 0. The minimum absolute atomic E-state index is 0.265. The molecular weight excluding hydrogens is 210 g/mol. The molecule has 4 heteroatoms. The topological polar surface area (TPSA) is 38.5 Å². The monoisotopic (exact) mass is 221 g/mol. The van der Waals surface area contributed by atoms with Crippen molar-refractivity contribution in [1.82, 2.24) is 0 Å². The van der Waals surface area contributed by atoms with Gasteiger partial charge in [0, 0.05) is 0 Å².